The maximum Gasteiger partial charge on any atom is 0.191 e. The summed E-state index contributed by atoms with van der Waals surface area (Å²) in [5.74, 6) is 1.35. The highest BCUT2D eigenvalue weighted by atomic mass is 127. The van der Waals surface area contributed by atoms with E-state index >= 15 is 0 Å². The van der Waals surface area contributed by atoms with Crippen molar-refractivity contribution in [2.24, 2.45) is 10.9 Å². The Labute approximate surface area is 174 Å². The summed E-state index contributed by atoms with van der Waals surface area (Å²) in [6.07, 6.45) is 4.05. The van der Waals surface area contributed by atoms with Crippen LogP contribution in [0.25, 0.3) is 0 Å². The predicted octanol–water partition coefficient (Wildman–Crippen LogP) is 3.37. The minimum absolute atomic E-state index is 0. The number of benzene rings is 1. The van der Waals surface area contributed by atoms with E-state index in [0.29, 0.717) is 12.5 Å². The quantitative estimate of drug-likeness (QED) is 0.378. The van der Waals surface area contributed by atoms with Crippen molar-refractivity contribution in [1.82, 2.24) is 15.5 Å². The number of nitrogens with zero attached hydrogens (tertiary/aromatic N) is 2. The van der Waals surface area contributed by atoms with Crippen LogP contribution in [0, 0.1) is 11.7 Å². The average Bonchev–Trinajstić information content (AvgIpc) is 3.34. The molecule has 6 heteroatoms. The lowest BCUT2D eigenvalue weighted by atomic mass is 9.84. The van der Waals surface area contributed by atoms with Gasteiger partial charge in [0.15, 0.2) is 5.96 Å². The van der Waals surface area contributed by atoms with E-state index in [2.05, 4.69) is 34.4 Å². The molecule has 146 valence electrons. The summed E-state index contributed by atoms with van der Waals surface area (Å²) < 4.78 is 13.5. The standard InChI is InChI=1S/C20H31FN4.HI/c1-20(2,16-5-4-6-17(21)11-16)14-24-19(22-3)23-12-15-9-10-25(13-15)18-7-8-18;/h4-6,11,15,18H,7-10,12-14H2,1-3H3,(H2,22,23,24);1H. The van der Waals surface area contributed by atoms with Crippen molar-refractivity contribution >= 4 is 29.9 Å². The van der Waals surface area contributed by atoms with Gasteiger partial charge in [-0.3, -0.25) is 4.99 Å². The minimum Gasteiger partial charge on any atom is -0.356 e. The van der Waals surface area contributed by atoms with E-state index in [1.54, 1.807) is 19.2 Å². The van der Waals surface area contributed by atoms with E-state index in [9.17, 15) is 4.39 Å². The summed E-state index contributed by atoms with van der Waals surface area (Å²) in [6, 6.07) is 7.72. The van der Waals surface area contributed by atoms with Gasteiger partial charge in [0.1, 0.15) is 5.82 Å². The number of hydrogen-bond donors (Lipinski definition) is 2. The van der Waals surface area contributed by atoms with Gasteiger partial charge in [0.25, 0.3) is 0 Å². The average molecular weight is 474 g/mol. The molecule has 1 saturated carbocycles. The number of likely N-dealkylation sites (tertiary alicyclic amines) is 1. The molecule has 0 bridgehead atoms. The highest BCUT2D eigenvalue weighted by Crippen LogP contribution is 2.31. The van der Waals surface area contributed by atoms with Crippen molar-refractivity contribution in [2.75, 3.05) is 33.2 Å². The number of aliphatic imine (C=N–C) groups is 1. The zero-order chi connectivity index (χ0) is 17.9. The Morgan fingerprint density at radius 1 is 1.27 bits per heavy atom. The molecule has 4 nitrogen and oxygen atoms in total. The molecule has 1 aromatic carbocycles. The molecule has 3 rings (SSSR count). The Morgan fingerprint density at radius 3 is 2.69 bits per heavy atom. The van der Waals surface area contributed by atoms with Crippen LogP contribution in [0.1, 0.15) is 38.7 Å². The topological polar surface area (TPSA) is 39.7 Å². The van der Waals surface area contributed by atoms with Crippen LogP contribution in [0.4, 0.5) is 4.39 Å². The molecule has 26 heavy (non-hydrogen) atoms. The molecule has 1 atom stereocenters. The second kappa shape index (κ2) is 9.35. The molecule has 2 fully saturated rings. The molecule has 0 amide bonds. The Morgan fingerprint density at radius 2 is 2.04 bits per heavy atom. The molecular weight excluding hydrogens is 442 g/mol. The van der Waals surface area contributed by atoms with Crippen LogP contribution in [0.2, 0.25) is 0 Å². The summed E-state index contributed by atoms with van der Waals surface area (Å²) in [4.78, 5) is 6.97. The van der Waals surface area contributed by atoms with E-state index in [1.165, 1.54) is 38.4 Å². The zero-order valence-corrected chi connectivity index (χ0v) is 18.4. The van der Waals surface area contributed by atoms with Crippen LogP contribution in [-0.4, -0.2) is 50.1 Å². The summed E-state index contributed by atoms with van der Waals surface area (Å²) >= 11 is 0. The first-order chi connectivity index (χ1) is 12.0. The minimum atomic E-state index is -0.186. The van der Waals surface area contributed by atoms with Crippen molar-refractivity contribution in [1.29, 1.82) is 0 Å². The smallest absolute Gasteiger partial charge is 0.191 e. The van der Waals surface area contributed by atoms with Crippen molar-refractivity contribution in [3.05, 3.63) is 35.6 Å². The maximum absolute atomic E-state index is 13.5. The monoisotopic (exact) mass is 474 g/mol. The Hall–Kier alpha value is -0.890. The fourth-order valence-electron chi connectivity index (χ4n) is 3.58. The molecule has 0 radical (unpaired) electrons. The van der Waals surface area contributed by atoms with Crippen molar-refractivity contribution < 1.29 is 4.39 Å². The highest BCUT2D eigenvalue weighted by molar-refractivity contribution is 14.0. The first kappa shape index (κ1) is 21.4. The van der Waals surface area contributed by atoms with Gasteiger partial charge in [-0.05, 0) is 49.4 Å². The van der Waals surface area contributed by atoms with Crippen LogP contribution in [0.5, 0.6) is 0 Å². The summed E-state index contributed by atoms with van der Waals surface area (Å²) in [7, 11) is 1.80. The normalized spacial score (nSPS) is 21.4. The molecule has 1 aromatic rings. The van der Waals surface area contributed by atoms with Gasteiger partial charge in [-0.1, -0.05) is 26.0 Å². The SMILES string of the molecule is CN=C(NCC1CCN(C2CC2)C1)NCC(C)(C)c1cccc(F)c1.I. The van der Waals surface area contributed by atoms with E-state index in [1.807, 2.05) is 6.07 Å². The van der Waals surface area contributed by atoms with Crippen LogP contribution in [0.15, 0.2) is 29.3 Å². The largest absolute Gasteiger partial charge is 0.356 e. The lowest BCUT2D eigenvalue weighted by molar-refractivity contribution is 0.314. The first-order valence-electron chi connectivity index (χ1n) is 9.42. The summed E-state index contributed by atoms with van der Waals surface area (Å²) in [5.41, 5.74) is 0.821. The Kier molecular flexibility index (Phi) is 7.70. The Balaban J connectivity index is 0.00000243. The molecule has 1 aliphatic carbocycles. The number of hydrogen-bond acceptors (Lipinski definition) is 2. The predicted molar refractivity (Wildman–Crippen MR) is 117 cm³/mol. The third-order valence-corrected chi connectivity index (χ3v) is 5.47. The van der Waals surface area contributed by atoms with Crippen LogP contribution >= 0.6 is 24.0 Å². The molecule has 2 aliphatic rings. The van der Waals surface area contributed by atoms with E-state index < -0.39 is 0 Å². The third kappa shape index (κ3) is 5.81. The lowest BCUT2D eigenvalue weighted by Gasteiger charge is -2.27. The number of rotatable bonds is 6. The van der Waals surface area contributed by atoms with Gasteiger partial charge >= 0.3 is 0 Å². The van der Waals surface area contributed by atoms with E-state index in [-0.39, 0.29) is 35.2 Å². The number of halogens is 2. The van der Waals surface area contributed by atoms with E-state index in [0.717, 1.165) is 24.1 Å². The molecule has 1 heterocycles. The molecular formula is C20H32FIN4. The highest BCUT2D eigenvalue weighted by Gasteiger charge is 2.34. The first-order valence-corrected chi connectivity index (χ1v) is 9.42. The summed E-state index contributed by atoms with van der Waals surface area (Å²) in [6.45, 7) is 8.36. The van der Waals surface area contributed by atoms with E-state index in [4.69, 9.17) is 0 Å². The molecule has 2 N–H and O–H groups in total. The maximum atomic E-state index is 13.5. The molecule has 1 unspecified atom stereocenters. The van der Waals surface area contributed by atoms with Gasteiger partial charge < -0.3 is 15.5 Å². The van der Waals surface area contributed by atoms with Crippen LogP contribution in [0.3, 0.4) is 0 Å². The van der Waals surface area contributed by atoms with Crippen molar-refractivity contribution in [2.45, 2.75) is 44.6 Å². The van der Waals surface area contributed by atoms with Gasteiger partial charge in [0.05, 0.1) is 0 Å². The van der Waals surface area contributed by atoms with Crippen molar-refractivity contribution in [3.8, 4) is 0 Å². The number of guanidine groups is 1. The lowest BCUT2D eigenvalue weighted by Crippen LogP contribution is -2.45. The van der Waals surface area contributed by atoms with Gasteiger partial charge in [0.2, 0.25) is 0 Å². The molecule has 0 aromatic heterocycles. The Bertz CT molecular complexity index is 616. The molecule has 0 spiro atoms. The fourth-order valence-corrected chi connectivity index (χ4v) is 3.58. The van der Waals surface area contributed by atoms with Gasteiger partial charge in [-0.2, -0.15) is 0 Å². The van der Waals surface area contributed by atoms with Gasteiger partial charge in [0, 0.05) is 38.1 Å². The summed E-state index contributed by atoms with van der Waals surface area (Å²) in [5, 5.41) is 6.87. The molecule has 1 aliphatic heterocycles. The van der Waals surface area contributed by atoms with Crippen LogP contribution in [-0.2, 0) is 5.41 Å². The zero-order valence-electron chi connectivity index (χ0n) is 16.1. The van der Waals surface area contributed by atoms with Gasteiger partial charge in [-0.15, -0.1) is 24.0 Å². The third-order valence-electron chi connectivity index (χ3n) is 5.47. The second-order valence-electron chi connectivity index (χ2n) is 8.08. The van der Waals surface area contributed by atoms with Gasteiger partial charge in [-0.25, -0.2) is 4.39 Å². The fraction of sp³-hybridized carbons (Fsp3) is 0.650. The van der Waals surface area contributed by atoms with Crippen molar-refractivity contribution in [3.63, 3.8) is 0 Å². The molecule has 1 saturated heterocycles. The van der Waals surface area contributed by atoms with Crippen LogP contribution < -0.4 is 10.6 Å². The second-order valence-corrected chi connectivity index (χ2v) is 8.08. The number of nitrogens with one attached hydrogen (secondary N) is 2.